The summed E-state index contributed by atoms with van der Waals surface area (Å²) in [6.45, 7) is 2.22. The number of hydrogen-bond acceptors (Lipinski definition) is 4. The van der Waals surface area contributed by atoms with E-state index in [-0.39, 0.29) is 12.6 Å². The molecule has 1 aliphatic heterocycles. The number of carboxylic acids is 1. The van der Waals surface area contributed by atoms with Gasteiger partial charge in [-0.3, -0.25) is 9.59 Å². The number of fused-ring (bicyclic) bond motifs is 1. The van der Waals surface area contributed by atoms with Gasteiger partial charge in [-0.1, -0.05) is 0 Å². The van der Waals surface area contributed by atoms with Crippen LogP contribution in [0.3, 0.4) is 0 Å². The van der Waals surface area contributed by atoms with Gasteiger partial charge in [0.05, 0.1) is 7.11 Å². The predicted molar refractivity (Wildman–Crippen MR) is 77.9 cm³/mol. The Morgan fingerprint density at radius 2 is 2.18 bits per heavy atom. The molecule has 6 nitrogen and oxygen atoms in total. The van der Waals surface area contributed by atoms with Crippen LogP contribution in [0.2, 0.25) is 0 Å². The lowest BCUT2D eigenvalue weighted by Crippen LogP contribution is -2.36. The van der Waals surface area contributed by atoms with Gasteiger partial charge in [0.1, 0.15) is 23.0 Å². The van der Waals surface area contributed by atoms with Gasteiger partial charge in [0, 0.05) is 24.1 Å². The molecule has 0 bridgehead atoms. The zero-order valence-electron chi connectivity index (χ0n) is 12.6. The number of amides is 1. The van der Waals surface area contributed by atoms with Crippen molar-refractivity contribution in [3.05, 3.63) is 23.3 Å². The first kappa shape index (κ1) is 14.7. The van der Waals surface area contributed by atoms with Crippen LogP contribution in [-0.2, 0) is 22.6 Å². The molecule has 1 amide bonds. The fourth-order valence-corrected chi connectivity index (χ4v) is 2.82. The molecule has 1 atom stereocenters. The number of nitrogens with one attached hydrogen (secondary N) is 1. The SMILES string of the molecule is COc1cc2c(cc1CNC(=O)C1(C(=O)O)CC1)OC(C)C2. The molecule has 1 saturated carbocycles. The van der Waals surface area contributed by atoms with Gasteiger partial charge in [-0.05, 0) is 31.9 Å². The maximum atomic E-state index is 12.1. The molecule has 1 aromatic rings. The number of rotatable bonds is 5. The minimum Gasteiger partial charge on any atom is -0.496 e. The van der Waals surface area contributed by atoms with Gasteiger partial charge in [-0.15, -0.1) is 0 Å². The summed E-state index contributed by atoms with van der Waals surface area (Å²) in [4.78, 5) is 23.2. The Morgan fingerprint density at radius 3 is 2.77 bits per heavy atom. The lowest BCUT2D eigenvalue weighted by molar-refractivity contribution is -0.149. The number of carbonyl (C=O) groups excluding carboxylic acids is 1. The highest BCUT2D eigenvalue weighted by atomic mass is 16.5. The first-order valence-electron chi connectivity index (χ1n) is 7.34. The molecule has 1 unspecified atom stereocenters. The normalized spacial score (nSPS) is 20.7. The third-order valence-corrected chi connectivity index (χ3v) is 4.33. The number of methoxy groups -OCH3 is 1. The molecule has 1 heterocycles. The average Bonchev–Trinajstić information content (AvgIpc) is 3.21. The number of benzene rings is 1. The monoisotopic (exact) mass is 305 g/mol. The van der Waals surface area contributed by atoms with Gasteiger partial charge in [-0.25, -0.2) is 0 Å². The number of ether oxygens (including phenoxy) is 2. The molecule has 0 aromatic heterocycles. The van der Waals surface area contributed by atoms with Gasteiger partial charge >= 0.3 is 5.97 Å². The molecule has 2 N–H and O–H groups in total. The summed E-state index contributed by atoms with van der Waals surface area (Å²) in [7, 11) is 1.58. The number of aliphatic carboxylic acids is 1. The molecular formula is C16H19NO5. The van der Waals surface area contributed by atoms with Crippen molar-refractivity contribution < 1.29 is 24.2 Å². The van der Waals surface area contributed by atoms with E-state index in [9.17, 15) is 9.59 Å². The van der Waals surface area contributed by atoms with E-state index in [4.69, 9.17) is 14.6 Å². The van der Waals surface area contributed by atoms with Crippen LogP contribution in [0.5, 0.6) is 11.5 Å². The third kappa shape index (κ3) is 2.38. The highest BCUT2D eigenvalue weighted by Gasteiger charge is 2.56. The van der Waals surface area contributed by atoms with Crippen LogP contribution in [0.25, 0.3) is 0 Å². The lowest BCUT2D eigenvalue weighted by Gasteiger charge is -2.14. The largest absolute Gasteiger partial charge is 0.496 e. The van der Waals surface area contributed by atoms with Gasteiger partial charge < -0.3 is 19.9 Å². The van der Waals surface area contributed by atoms with Gasteiger partial charge in [-0.2, -0.15) is 0 Å². The van der Waals surface area contributed by atoms with E-state index in [0.717, 1.165) is 23.3 Å². The van der Waals surface area contributed by atoms with Crippen LogP contribution >= 0.6 is 0 Å². The van der Waals surface area contributed by atoms with Crippen molar-refractivity contribution in [1.82, 2.24) is 5.32 Å². The van der Waals surface area contributed by atoms with Crippen molar-refractivity contribution in [3.63, 3.8) is 0 Å². The highest BCUT2D eigenvalue weighted by molar-refractivity contribution is 6.04. The Bertz CT molecular complexity index is 636. The number of carboxylic acid groups (broad SMARTS) is 1. The fraction of sp³-hybridized carbons (Fsp3) is 0.500. The third-order valence-electron chi connectivity index (χ3n) is 4.33. The molecule has 2 aliphatic rings. The summed E-state index contributed by atoms with van der Waals surface area (Å²) in [5.74, 6) is -0.00578. The molecule has 1 fully saturated rings. The molecule has 118 valence electrons. The smallest absolute Gasteiger partial charge is 0.319 e. The van der Waals surface area contributed by atoms with Gasteiger partial charge in [0.25, 0.3) is 0 Å². The Labute approximate surface area is 128 Å². The Balaban J connectivity index is 1.74. The molecule has 22 heavy (non-hydrogen) atoms. The summed E-state index contributed by atoms with van der Waals surface area (Å²) in [5, 5.41) is 11.8. The van der Waals surface area contributed by atoms with Gasteiger partial charge in [0.2, 0.25) is 5.91 Å². The Hall–Kier alpha value is -2.24. The fourth-order valence-electron chi connectivity index (χ4n) is 2.82. The second-order valence-electron chi connectivity index (χ2n) is 5.97. The Kier molecular flexibility index (Phi) is 3.47. The zero-order chi connectivity index (χ0) is 15.9. The van der Waals surface area contributed by atoms with Crippen LogP contribution in [-0.4, -0.2) is 30.2 Å². The molecule has 0 radical (unpaired) electrons. The molecule has 0 saturated heterocycles. The van der Waals surface area contributed by atoms with E-state index >= 15 is 0 Å². The average molecular weight is 305 g/mol. The number of hydrogen-bond donors (Lipinski definition) is 2. The summed E-state index contributed by atoms with van der Waals surface area (Å²) >= 11 is 0. The molecular weight excluding hydrogens is 286 g/mol. The van der Waals surface area contributed by atoms with Crippen molar-refractivity contribution in [2.75, 3.05) is 7.11 Å². The van der Waals surface area contributed by atoms with E-state index in [0.29, 0.717) is 18.6 Å². The lowest BCUT2D eigenvalue weighted by atomic mass is 10.0. The Morgan fingerprint density at radius 1 is 1.45 bits per heavy atom. The molecule has 1 aromatic carbocycles. The van der Waals surface area contributed by atoms with Crippen molar-refractivity contribution in [2.45, 2.75) is 38.8 Å². The van der Waals surface area contributed by atoms with E-state index in [1.54, 1.807) is 7.11 Å². The van der Waals surface area contributed by atoms with Crippen molar-refractivity contribution >= 4 is 11.9 Å². The molecule has 3 rings (SSSR count). The van der Waals surface area contributed by atoms with Crippen LogP contribution in [0.4, 0.5) is 0 Å². The van der Waals surface area contributed by atoms with Gasteiger partial charge in [0.15, 0.2) is 0 Å². The van der Waals surface area contributed by atoms with Crippen LogP contribution in [0, 0.1) is 5.41 Å². The van der Waals surface area contributed by atoms with E-state index < -0.39 is 17.3 Å². The first-order valence-corrected chi connectivity index (χ1v) is 7.34. The standard InChI is InChI=1S/C16H19NO5/c1-9-5-10-6-12(21-2)11(7-13(10)22-9)8-17-14(18)16(3-4-16)15(19)20/h6-7,9H,3-5,8H2,1-2H3,(H,17,18)(H,19,20). The van der Waals surface area contributed by atoms with Crippen LogP contribution < -0.4 is 14.8 Å². The summed E-state index contributed by atoms with van der Waals surface area (Å²) in [6, 6.07) is 3.78. The zero-order valence-corrected chi connectivity index (χ0v) is 12.6. The first-order chi connectivity index (χ1) is 10.5. The van der Waals surface area contributed by atoms with E-state index in [2.05, 4.69) is 5.32 Å². The highest BCUT2D eigenvalue weighted by Crippen LogP contribution is 2.46. The molecule has 6 heteroatoms. The summed E-state index contributed by atoms with van der Waals surface area (Å²) < 4.78 is 11.1. The maximum absolute atomic E-state index is 12.1. The number of carbonyl (C=O) groups is 2. The van der Waals surface area contributed by atoms with Crippen molar-refractivity contribution in [2.24, 2.45) is 5.41 Å². The van der Waals surface area contributed by atoms with E-state index in [1.165, 1.54) is 0 Å². The van der Waals surface area contributed by atoms with E-state index in [1.807, 2.05) is 19.1 Å². The topological polar surface area (TPSA) is 84.9 Å². The quantitative estimate of drug-likeness (QED) is 0.805. The maximum Gasteiger partial charge on any atom is 0.319 e. The molecule has 0 spiro atoms. The second-order valence-corrected chi connectivity index (χ2v) is 5.97. The predicted octanol–water partition coefficient (Wildman–Crippen LogP) is 1.50. The summed E-state index contributed by atoms with van der Waals surface area (Å²) in [6.07, 6.45) is 1.76. The van der Waals surface area contributed by atoms with Crippen LogP contribution in [0.15, 0.2) is 12.1 Å². The summed E-state index contributed by atoms with van der Waals surface area (Å²) in [5.41, 5.74) is 0.642. The van der Waals surface area contributed by atoms with Crippen LogP contribution in [0.1, 0.15) is 30.9 Å². The van der Waals surface area contributed by atoms with Crippen molar-refractivity contribution in [3.8, 4) is 11.5 Å². The minimum absolute atomic E-state index is 0.131. The second kappa shape index (κ2) is 5.19. The molecule has 1 aliphatic carbocycles. The van der Waals surface area contributed by atoms with Crippen molar-refractivity contribution in [1.29, 1.82) is 0 Å². The minimum atomic E-state index is -1.23.